The van der Waals surface area contributed by atoms with Crippen molar-refractivity contribution in [3.05, 3.63) is 17.7 Å². The van der Waals surface area contributed by atoms with Gasteiger partial charge in [0.25, 0.3) is 0 Å². The van der Waals surface area contributed by atoms with Gasteiger partial charge in [0.05, 0.1) is 20.8 Å². The zero-order chi connectivity index (χ0) is 13.4. The molecule has 18 heavy (non-hydrogen) atoms. The lowest BCUT2D eigenvalue weighted by Crippen LogP contribution is -2.05. The van der Waals surface area contributed by atoms with E-state index in [1.807, 2.05) is 12.1 Å². The molecule has 102 valence electrons. The number of methoxy groups -OCH3 is 3. The summed E-state index contributed by atoms with van der Waals surface area (Å²) in [4.78, 5) is 0. The highest BCUT2D eigenvalue weighted by Gasteiger charge is 2.13. The Bertz CT molecular complexity index is 343. The SMILES string of the molecule is COCCCOc1c(OC)cc(CN)cc1OC. The molecule has 0 saturated heterocycles. The van der Waals surface area contributed by atoms with Crippen LogP contribution in [0.15, 0.2) is 12.1 Å². The molecule has 0 aliphatic carbocycles. The summed E-state index contributed by atoms with van der Waals surface area (Å²) in [6.07, 6.45) is 0.807. The van der Waals surface area contributed by atoms with E-state index in [9.17, 15) is 0 Å². The fourth-order valence-electron chi connectivity index (χ4n) is 1.57. The first-order chi connectivity index (χ1) is 8.76. The molecular weight excluding hydrogens is 234 g/mol. The highest BCUT2D eigenvalue weighted by Crippen LogP contribution is 2.38. The fourth-order valence-corrected chi connectivity index (χ4v) is 1.57. The van der Waals surface area contributed by atoms with Crippen molar-refractivity contribution in [2.24, 2.45) is 5.73 Å². The predicted molar refractivity (Wildman–Crippen MR) is 69.4 cm³/mol. The van der Waals surface area contributed by atoms with Crippen molar-refractivity contribution in [3.63, 3.8) is 0 Å². The Morgan fingerprint density at radius 1 is 1.00 bits per heavy atom. The molecule has 0 saturated carbocycles. The first kappa shape index (κ1) is 14.6. The van der Waals surface area contributed by atoms with Gasteiger partial charge in [-0.15, -0.1) is 0 Å². The van der Waals surface area contributed by atoms with Crippen LogP contribution in [0, 0.1) is 0 Å². The van der Waals surface area contributed by atoms with E-state index < -0.39 is 0 Å². The molecule has 0 aliphatic rings. The number of hydrogen-bond donors (Lipinski definition) is 1. The minimum absolute atomic E-state index is 0.427. The summed E-state index contributed by atoms with van der Waals surface area (Å²) in [5.74, 6) is 1.87. The van der Waals surface area contributed by atoms with Crippen LogP contribution in [0.2, 0.25) is 0 Å². The Balaban J connectivity index is 2.85. The smallest absolute Gasteiger partial charge is 0.203 e. The molecule has 0 aromatic heterocycles. The topological polar surface area (TPSA) is 62.9 Å². The van der Waals surface area contributed by atoms with Gasteiger partial charge in [-0.25, -0.2) is 0 Å². The van der Waals surface area contributed by atoms with Crippen molar-refractivity contribution in [3.8, 4) is 17.2 Å². The summed E-state index contributed by atoms with van der Waals surface area (Å²) in [5.41, 5.74) is 6.56. The minimum Gasteiger partial charge on any atom is -0.493 e. The highest BCUT2D eigenvalue weighted by atomic mass is 16.5. The van der Waals surface area contributed by atoms with Crippen LogP contribution >= 0.6 is 0 Å². The zero-order valence-electron chi connectivity index (χ0n) is 11.2. The van der Waals surface area contributed by atoms with Crippen molar-refractivity contribution >= 4 is 0 Å². The van der Waals surface area contributed by atoms with Gasteiger partial charge in [0.15, 0.2) is 11.5 Å². The molecule has 0 atom stereocenters. The molecule has 0 aliphatic heterocycles. The molecule has 0 amide bonds. The van der Waals surface area contributed by atoms with Crippen molar-refractivity contribution in [1.29, 1.82) is 0 Å². The maximum atomic E-state index is 5.68. The van der Waals surface area contributed by atoms with E-state index in [0.29, 0.717) is 37.0 Å². The average Bonchev–Trinajstić information content (AvgIpc) is 2.42. The van der Waals surface area contributed by atoms with Crippen LogP contribution in [0.3, 0.4) is 0 Å². The third-order valence-electron chi connectivity index (χ3n) is 2.50. The second-order valence-electron chi connectivity index (χ2n) is 3.73. The van der Waals surface area contributed by atoms with Crippen molar-refractivity contribution < 1.29 is 18.9 Å². The van der Waals surface area contributed by atoms with Gasteiger partial charge in [0, 0.05) is 26.7 Å². The van der Waals surface area contributed by atoms with Crippen LogP contribution in [0.5, 0.6) is 17.2 Å². The molecule has 0 fully saturated rings. The van der Waals surface area contributed by atoms with Crippen LogP contribution in [0.1, 0.15) is 12.0 Å². The first-order valence-electron chi connectivity index (χ1n) is 5.83. The Hall–Kier alpha value is -1.46. The quantitative estimate of drug-likeness (QED) is 0.714. The number of nitrogens with two attached hydrogens (primary N) is 1. The molecule has 2 N–H and O–H groups in total. The van der Waals surface area contributed by atoms with Gasteiger partial charge in [0.2, 0.25) is 5.75 Å². The number of rotatable bonds is 8. The number of ether oxygens (including phenoxy) is 4. The van der Waals surface area contributed by atoms with Gasteiger partial charge in [-0.1, -0.05) is 0 Å². The molecular formula is C13H21NO4. The van der Waals surface area contributed by atoms with Crippen LogP contribution in [-0.4, -0.2) is 34.5 Å². The zero-order valence-corrected chi connectivity index (χ0v) is 11.2. The van der Waals surface area contributed by atoms with E-state index >= 15 is 0 Å². The second kappa shape index (κ2) is 7.79. The molecule has 0 heterocycles. The van der Waals surface area contributed by atoms with Crippen molar-refractivity contribution in [2.75, 3.05) is 34.5 Å². The van der Waals surface area contributed by atoms with Crippen LogP contribution < -0.4 is 19.9 Å². The van der Waals surface area contributed by atoms with Gasteiger partial charge in [-0.2, -0.15) is 0 Å². The maximum absolute atomic E-state index is 5.68. The number of hydrogen-bond acceptors (Lipinski definition) is 5. The Kier molecular flexibility index (Phi) is 6.32. The lowest BCUT2D eigenvalue weighted by molar-refractivity contribution is 0.169. The summed E-state index contributed by atoms with van der Waals surface area (Å²) in [6.45, 7) is 1.63. The lowest BCUT2D eigenvalue weighted by atomic mass is 10.2. The second-order valence-corrected chi connectivity index (χ2v) is 3.73. The summed E-state index contributed by atoms with van der Waals surface area (Å²) in [5, 5.41) is 0. The minimum atomic E-state index is 0.427. The monoisotopic (exact) mass is 255 g/mol. The molecule has 0 radical (unpaired) electrons. The van der Waals surface area contributed by atoms with Gasteiger partial charge in [0.1, 0.15) is 0 Å². The maximum Gasteiger partial charge on any atom is 0.203 e. The van der Waals surface area contributed by atoms with Crippen LogP contribution in [0.4, 0.5) is 0 Å². The molecule has 0 spiro atoms. The van der Waals surface area contributed by atoms with Crippen molar-refractivity contribution in [1.82, 2.24) is 0 Å². The molecule has 1 aromatic carbocycles. The van der Waals surface area contributed by atoms with Gasteiger partial charge >= 0.3 is 0 Å². The fraction of sp³-hybridized carbons (Fsp3) is 0.538. The molecule has 1 rings (SSSR count). The van der Waals surface area contributed by atoms with E-state index in [1.54, 1.807) is 21.3 Å². The Morgan fingerprint density at radius 2 is 1.61 bits per heavy atom. The summed E-state index contributed by atoms with van der Waals surface area (Å²) < 4.78 is 21.2. The third kappa shape index (κ3) is 3.78. The van der Waals surface area contributed by atoms with E-state index in [2.05, 4.69) is 0 Å². The Morgan fingerprint density at radius 3 is 2.06 bits per heavy atom. The first-order valence-corrected chi connectivity index (χ1v) is 5.83. The van der Waals surface area contributed by atoms with Gasteiger partial charge in [-0.3, -0.25) is 0 Å². The standard InChI is InChI=1S/C13H21NO4/c1-15-5-4-6-18-13-11(16-2)7-10(9-14)8-12(13)17-3/h7-8H,4-6,9,14H2,1-3H3. The highest BCUT2D eigenvalue weighted by molar-refractivity contribution is 5.53. The third-order valence-corrected chi connectivity index (χ3v) is 2.50. The molecule has 0 unspecified atom stereocenters. The summed E-state index contributed by atoms with van der Waals surface area (Å²) >= 11 is 0. The molecule has 5 heteroatoms. The lowest BCUT2D eigenvalue weighted by Gasteiger charge is -2.15. The molecule has 0 bridgehead atoms. The average molecular weight is 255 g/mol. The van der Waals surface area contributed by atoms with Gasteiger partial charge < -0.3 is 24.7 Å². The normalized spacial score (nSPS) is 10.2. The largest absolute Gasteiger partial charge is 0.493 e. The predicted octanol–water partition coefficient (Wildman–Crippen LogP) is 1.58. The Labute approximate surface area is 108 Å². The summed E-state index contributed by atoms with van der Waals surface area (Å²) in [7, 11) is 4.85. The van der Waals surface area contributed by atoms with E-state index in [4.69, 9.17) is 24.7 Å². The summed E-state index contributed by atoms with van der Waals surface area (Å²) in [6, 6.07) is 3.71. The van der Waals surface area contributed by atoms with Crippen molar-refractivity contribution in [2.45, 2.75) is 13.0 Å². The van der Waals surface area contributed by atoms with E-state index in [1.165, 1.54) is 0 Å². The van der Waals surface area contributed by atoms with Crippen LogP contribution in [-0.2, 0) is 11.3 Å². The number of benzene rings is 1. The van der Waals surface area contributed by atoms with E-state index in [0.717, 1.165) is 12.0 Å². The van der Waals surface area contributed by atoms with Crippen LogP contribution in [0.25, 0.3) is 0 Å². The molecule has 5 nitrogen and oxygen atoms in total. The van der Waals surface area contributed by atoms with E-state index in [-0.39, 0.29) is 0 Å². The molecule has 1 aromatic rings. The van der Waals surface area contributed by atoms with Gasteiger partial charge in [-0.05, 0) is 17.7 Å².